The Kier molecular flexibility index (Phi) is 7.15. The number of sulfonamides is 1. The van der Waals surface area contributed by atoms with Crippen molar-refractivity contribution < 1.29 is 22.3 Å². The van der Waals surface area contributed by atoms with Crippen LogP contribution >= 0.6 is 12.4 Å². The molecule has 1 aliphatic heterocycles. The Balaban J connectivity index is 0.00000288. The summed E-state index contributed by atoms with van der Waals surface area (Å²) < 4.78 is 45.4. The number of carbonyl (C=O) groups is 1. The Morgan fingerprint density at radius 2 is 2.00 bits per heavy atom. The van der Waals surface area contributed by atoms with E-state index in [0.717, 1.165) is 51.2 Å². The lowest BCUT2D eigenvalue weighted by Crippen LogP contribution is -2.43. The number of carbonyl (C=O) groups excluding carboxylic acids is 1. The number of methoxy groups -OCH3 is 1. The van der Waals surface area contributed by atoms with E-state index in [1.165, 1.54) is 0 Å². The first-order chi connectivity index (χ1) is 10.8. The van der Waals surface area contributed by atoms with Gasteiger partial charge in [0.05, 0.1) is 17.6 Å². The van der Waals surface area contributed by atoms with E-state index in [1.54, 1.807) is 0 Å². The summed E-state index contributed by atoms with van der Waals surface area (Å²) in [7, 11) is -2.82. The van der Waals surface area contributed by atoms with E-state index in [4.69, 9.17) is 0 Å². The molecule has 6 nitrogen and oxygen atoms in total. The zero-order valence-corrected chi connectivity index (χ0v) is 15.2. The molecule has 1 heterocycles. The summed E-state index contributed by atoms with van der Waals surface area (Å²) in [5, 5.41) is 3.23. The van der Waals surface area contributed by atoms with Crippen LogP contribution < -0.4 is 10.0 Å². The molecular formula is C15H22ClFN2O4S. The molecule has 0 radical (unpaired) electrons. The second kappa shape index (κ2) is 8.24. The minimum atomic E-state index is -3.94. The number of piperidine rings is 1. The third-order valence-electron chi connectivity index (χ3n) is 4.14. The monoisotopic (exact) mass is 380 g/mol. The summed E-state index contributed by atoms with van der Waals surface area (Å²) in [5.41, 5.74) is -0.459. The predicted octanol–water partition coefficient (Wildman–Crippen LogP) is 1.70. The van der Waals surface area contributed by atoms with Crippen molar-refractivity contribution in [1.82, 2.24) is 10.0 Å². The van der Waals surface area contributed by atoms with E-state index >= 15 is 0 Å². The van der Waals surface area contributed by atoms with Gasteiger partial charge in [-0.3, -0.25) is 0 Å². The number of rotatable bonds is 5. The molecule has 24 heavy (non-hydrogen) atoms. The number of ether oxygens (including phenoxy) is 1. The minimum absolute atomic E-state index is 0. The average molecular weight is 381 g/mol. The molecule has 0 bridgehead atoms. The zero-order chi connectivity index (χ0) is 17.1. The Morgan fingerprint density at radius 3 is 2.58 bits per heavy atom. The van der Waals surface area contributed by atoms with Crippen LogP contribution in [0.15, 0.2) is 23.1 Å². The number of benzene rings is 1. The van der Waals surface area contributed by atoms with Gasteiger partial charge in [0.2, 0.25) is 10.0 Å². The summed E-state index contributed by atoms with van der Waals surface area (Å²) in [6, 6.07) is 2.95. The Bertz CT molecular complexity index is 691. The van der Waals surface area contributed by atoms with Gasteiger partial charge in [0.1, 0.15) is 5.82 Å². The lowest BCUT2D eigenvalue weighted by Gasteiger charge is -2.34. The highest BCUT2D eigenvalue weighted by Gasteiger charge is 2.30. The van der Waals surface area contributed by atoms with Gasteiger partial charge in [0, 0.05) is 6.54 Å². The summed E-state index contributed by atoms with van der Waals surface area (Å²) in [4.78, 5) is 11.4. The van der Waals surface area contributed by atoms with Gasteiger partial charge in [-0.25, -0.2) is 22.3 Å². The van der Waals surface area contributed by atoms with E-state index in [0.29, 0.717) is 0 Å². The van der Waals surface area contributed by atoms with Crippen LogP contribution in [-0.4, -0.2) is 41.1 Å². The van der Waals surface area contributed by atoms with Crippen molar-refractivity contribution in [3.8, 4) is 0 Å². The molecule has 0 atom stereocenters. The topological polar surface area (TPSA) is 84.5 Å². The van der Waals surface area contributed by atoms with Crippen LogP contribution in [0.5, 0.6) is 0 Å². The van der Waals surface area contributed by atoms with Crippen molar-refractivity contribution in [3.63, 3.8) is 0 Å². The number of nitrogens with one attached hydrogen (secondary N) is 2. The fourth-order valence-corrected chi connectivity index (χ4v) is 3.93. The van der Waals surface area contributed by atoms with Gasteiger partial charge < -0.3 is 10.1 Å². The largest absolute Gasteiger partial charge is 0.465 e. The highest BCUT2D eigenvalue weighted by molar-refractivity contribution is 7.89. The second-order valence-corrected chi connectivity index (χ2v) is 7.75. The quantitative estimate of drug-likeness (QED) is 0.759. The number of hydrogen-bond acceptors (Lipinski definition) is 5. The molecule has 2 N–H and O–H groups in total. The molecule has 0 spiro atoms. The van der Waals surface area contributed by atoms with Crippen LogP contribution in [0.4, 0.5) is 4.39 Å². The van der Waals surface area contributed by atoms with Gasteiger partial charge in [0.25, 0.3) is 0 Å². The normalized spacial score (nSPS) is 17.0. The molecule has 0 saturated carbocycles. The molecule has 1 aromatic rings. The summed E-state index contributed by atoms with van der Waals surface area (Å²) in [5.74, 6) is -1.59. The van der Waals surface area contributed by atoms with Crippen molar-refractivity contribution >= 4 is 28.4 Å². The third-order valence-corrected chi connectivity index (χ3v) is 5.60. The molecular weight excluding hydrogens is 359 g/mol. The van der Waals surface area contributed by atoms with Crippen LogP contribution in [0, 0.1) is 11.2 Å². The number of hydrogen-bond donors (Lipinski definition) is 2. The van der Waals surface area contributed by atoms with E-state index in [1.807, 2.05) is 6.92 Å². The molecule has 0 aliphatic carbocycles. The van der Waals surface area contributed by atoms with Crippen molar-refractivity contribution in [2.24, 2.45) is 5.41 Å². The summed E-state index contributed by atoms with van der Waals surface area (Å²) >= 11 is 0. The van der Waals surface area contributed by atoms with E-state index in [9.17, 15) is 17.6 Å². The van der Waals surface area contributed by atoms with Crippen LogP contribution in [0.25, 0.3) is 0 Å². The first kappa shape index (κ1) is 20.8. The lowest BCUT2D eigenvalue weighted by molar-refractivity contribution is 0.0595. The highest BCUT2D eigenvalue weighted by atomic mass is 35.5. The molecule has 0 amide bonds. The third kappa shape index (κ3) is 4.89. The maximum atomic E-state index is 13.3. The van der Waals surface area contributed by atoms with E-state index in [2.05, 4.69) is 14.8 Å². The Hall–Kier alpha value is -1.22. The maximum absolute atomic E-state index is 13.3. The van der Waals surface area contributed by atoms with Gasteiger partial charge in [0.15, 0.2) is 0 Å². The lowest BCUT2D eigenvalue weighted by atomic mass is 9.81. The summed E-state index contributed by atoms with van der Waals surface area (Å²) in [6.45, 7) is 3.95. The first-order valence-electron chi connectivity index (χ1n) is 7.36. The van der Waals surface area contributed by atoms with Gasteiger partial charge >= 0.3 is 5.97 Å². The molecule has 0 aromatic heterocycles. The standard InChI is InChI=1S/C15H21FN2O4S.ClH/c1-15(5-7-17-8-6-15)10-18-23(20,21)13-4-3-11(16)9-12(13)14(19)22-2;/h3-4,9,17-18H,5-8,10H2,1-2H3;1H. The number of esters is 1. The van der Waals surface area contributed by atoms with Crippen LogP contribution in [0.3, 0.4) is 0 Å². The van der Waals surface area contributed by atoms with Crippen molar-refractivity contribution in [2.75, 3.05) is 26.7 Å². The molecule has 0 unspecified atom stereocenters. The van der Waals surface area contributed by atoms with Crippen LogP contribution in [-0.2, 0) is 14.8 Å². The molecule has 1 saturated heterocycles. The van der Waals surface area contributed by atoms with Gasteiger partial charge in [-0.15, -0.1) is 12.4 Å². The second-order valence-electron chi connectivity index (χ2n) is 6.02. The van der Waals surface area contributed by atoms with Crippen molar-refractivity contribution in [1.29, 1.82) is 0 Å². The fourth-order valence-electron chi connectivity index (χ4n) is 2.56. The Labute approximate surface area is 147 Å². The van der Waals surface area contributed by atoms with Crippen LogP contribution in [0.2, 0.25) is 0 Å². The molecule has 1 fully saturated rings. The van der Waals surface area contributed by atoms with E-state index < -0.39 is 21.8 Å². The maximum Gasteiger partial charge on any atom is 0.339 e. The SMILES string of the molecule is COC(=O)c1cc(F)ccc1S(=O)(=O)NCC1(C)CCNCC1.Cl. The molecule has 1 aliphatic rings. The molecule has 1 aromatic carbocycles. The smallest absolute Gasteiger partial charge is 0.339 e. The zero-order valence-electron chi connectivity index (χ0n) is 13.6. The van der Waals surface area contributed by atoms with Gasteiger partial charge in [-0.1, -0.05) is 6.92 Å². The number of halogens is 2. The Morgan fingerprint density at radius 1 is 1.38 bits per heavy atom. The summed E-state index contributed by atoms with van der Waals surface area (Å²) in [6.07, 6.45) is 1.70. The van der Waals surface area contributed by atoms with Crippen molar-refractivity contribution in [2.45, 2.75) is 24.7 Å². The van der Waals surface area contributed by atoms with E-state index in [-0.39, 0.29) is 34.8 Å². The highest BCUT2D eigenvalue weighted by Crippen LogP contribution is 2.28. The fraction of sp³-hybridized carbons (Fsp3) is 0.533. The molecule has 136 valence electrons. The molecule has 2 rings (SSSR count). The predicted molar refractivity (Wildman–Crippen MR) is 90.4 cm³/mol. The van der Waals surface area contributed by atoms with Gasteiger partial charge in [-0.05, 0) is 49.5 Å². The van der Waals surface area contributed by atoms with Crippen LogP contribution in [0.1, 0.15) is 30.1 Å². The average Bonchev–Trinajstić information content (AvgIpc) is 2.53. The van der Waals surface area contributed by atoms with Gasteiger partial charge in [-0.2, -0.15) is 0 Å². The molecule has 9 heteroatoms. The van der Waals surface area contributed by atoms with Crippen molar-refractivity contribution in [3.05, 3.63) is 29.6 Å². The minimum Gasteiger partial charge on any atom is -0.465 e. The first-order valence-corrected chi connectivity index (χ1v) is 8.84.